The number of nitrogens with zero attached hydrogens (tertiary/aromatic N) is 2. The van der Waals surface area contributed by atoms with Crippen LogP contribution in [-0.4, -0.2) is 29.9 Å². The van der Waals surface area contributed by atoms with Crippen molar-refractivity contribution in [1.29, 1.82) is 0 Å². The zero-order valence-electron chi connectivity index (χ0n) is 18.0. The summed E-state index contributed by atoms with van der Waals surface area (Å²) in [5.74, 6) is -2.32. The second-order valence-corrected chi connectivity index (χ2v) is 16.0. The highest BCUT2D eigenvalue weighted by Crippen LogP contribution is 2.48. The first-order valence-electron chi connectivity index (χ1n) is 10.6. The molecule has 1 aliphatic heterocycles. The first-order chi connectivity index (χ1) is 13.5. The lowest BCUT2D eigenvalue weighted by Gasteiger charge is -2.43. The summed E-state index contributed by atoms with van der Waals surface area (Å²) >= 11 is 1.78. The SMILES string of the molecule is CC(C)(C)[Si](C)(C)O[C@@H](CC1c2sccc2-c2cncn21)C1CCC(F)(F)CC1. The van der Waals surface area contributed by atoms with Gasteiger partial charge >= 0.3 is 0 Å². The van der Waals surface area contributed by atoms with Gasteiger partial charge in [0, 0.05) is 23.3 Å². The van der Waals surface area contributed by atoms with Crippen molar-refractivity contribution in [2.45, 2.75) is 89.1 Å². The lowest BCUT2D eigenvalue weighted by atomic mass is 9.81. The van der Waals surface area contributed by atoms with Gasteiger partial charge in [0.15, 0.2) is 8.32 Å². The Labute approximate surface area is 177 Å². The second kappa shape index (κ2) is 7.27. The zero-order chi connectivity index (χ0) is 21.0. The van der Waals surface area contributed by atoms with Gasteiger partial charge in [-0.1, -0.05) is 20.8 Å². The van der Waals surface area contributed by atoms with Crippen LogP contribution < -0.4 is 0 Å². The molecule has 1 fully saturated rings. The molecule has 3 heterocycles. The molecule has 4 rings (SSSR count). The molecule has 2 aliphatic rings. The average Bonchev–Trinajstić information content (AvgIpc) is 3.29. The molecule has 1 saturated carbocycles. The van der Waals surface area contributed by atoms with Crippen molar-refractivity contribution in [3.8, 4) is 11.3 Å². The Kier molecular flexibility index (Phi) is 5.31. The van der Waals surface area contributed by atoms with Gasteiger partial charge in [-0.05, 0) is 54.8 Å². The molecule has 2 aromatic rings. The molecule has 1 aliphatic carbocycles. The largest absolute Gasteiger partial charge is 0.414 e. The number of rotatable bonds is 5. The van der Waals surface area contributed by atoms with Gasteiger partial charge in [0.2, 0.25) is 5.92 Å². The fourth-order valence-electron chi connectivity index (χ4n) is 4.45. The number of alkyl halides is 2. The summed E-state index contributed by atoms with van der Waals surface area (Å²) in [6.45, 7) is 11.3. The Morgan fingerprint density at radius 2 is 2.00 bits per heavy atom. The van der Waals surface area contributed by atoms with Crippen molar-refractivity contribution in [2.24, 2.45) is 5.92 Å². The van der Waals surface area contributed by atoms with Crippen LogP contribution in [0.1, 0.15) is 63.8 Å². The van der Waals surface area contributed by atoms with Crippen LogP contribution in [0.2, 0.25) is 18.1 Å². The summed E-state index contributed by atoms with van der Waals surface area (Å²) in [4.78, 5) is 5.72. The van der Waals surface area contributed by atoms with Crippen molar-refractivity contribution >= 4 is 19.7 Å². The van der Waals surface area contributed by atoms with E-state index in [-0.39, 0.29) is 35.9 Å². The number of halogens is 2. The van der Waals surface area contributed by atoms with Crippen LogP contribution >= 0.6 is 11.3 Å². The Balaban J connectivity index is 1.61. The maximum atomic E-state index is 13.8. The molecule has 0 amide bonds. The minimum atomic E-state index is -2.51. The van der Waals surface area contributed by atoms with Gasteiger partial charge in [0.05, 0.1) is 30.4 Å². The Morgan fingerprint density at radius 3 is 2.66 bits per heavy atom. The van der Waals surface area contributed by atoms with Gasteiger partial charge in [0.25, 0.3) is 0 Å². The Morgan fingerprint density at radius 1 is 1.31 bits per heavy atom. The Bertz CT molecular complexity index is 820. The van der Waals surface area contributed by atoms with Gasteiger partial charge in [-0.15, -0.1) is 11.3 Å². The third-order valence-corrected chi connectivity index (χ3v) is 12.8. The molecular weight excluding hydrogens is 406 g/mol. The summed E-state index contributed by atoms with van der Waals surface area (Å²) < 4.78 is 36.9. The lowest BCUT2D eigenvalue weighted by molar-refractivity contribution is -0.0620. The Hall–Kier alpha value is -1.05. The summed E-state index contributed by atoms with van der Waals surface area (Å²) in [6, 6.07) is 2.36. The van der Waals surface area contributed by atoms with Gasteiger partial charge < -0.3 is 8.99 Å². The number of imidazole rings is 1. The smallest absolute Gasteiger partial charge is 0.248 e. The van der Waals surface area contributed by atoms with E-state index in [1.165, 1.54) is 10.4 Å². The van der Waals surface area contributed by atoms with E-state index in [4.69, 9.17) is 4.43 Å². The van der Waals surface area contributed by atoms with E-state index in [0.29, 0.717) is 12.8 Å². The number of aromatic nitrogens is 2. The maximum absolute atomic E-state index is 13.8. The lowest BCUT2D eigenvalue weighted by Crippen LogP contribution is -2.47. The van der Waals surface area contributed by atoms with E-state index in [1.54, 1.807) is 11.3 Å². The van der Waals surface area contributed by atoms with Crippen LogP contribution in [0.3, 0.4) is 0 Å². The summed E-state index contributed by atoms with van der Waals surface area (Å²) in [7, 11) is -2.02. The molecule has 0 spiro atoms. The quantitative estimate of drug-likeness (QED) is 0.465. The van der Waals surface area contributed by atoms with Crippen LogP contribution in [0.15, 0.2) is 24.0 Å². The third kappa shape index (κ3) is 3.98. The predicted molar refractivity (Wildman–Crippen MR) is 117 cm³/mol. The first-order valence-corrected chi connectivity index (χ1v) is 14.4. The topological polar surface area (TPSA) is 27.1 Å². The zero-order valence-corrected chi connectivity index (χ0v) is 19.9. The molecule has 0 aromatic carbocycles. The number of thiophene rings is 1. The summed E-state index contributed by atoms with van der Waals surface area (Å²) in [5, 5.41) is 2.23. The van der Waals surface area contributed by atoms with Crippen LogP contribution in [0.25, 0.3) is 11.3 Å². The van der Waals surface area contributed by atoms with Crippen LogP contribution in [0, 0.1) is 5.92 Å². The van der Waals surface area contributed by atoms with Gasteiger partial charge in [0.1, 0.15) is 0 Å². The standard InChI is InChI=1S/C22H32F2N2OSSi/c1-21(2,3)29(4,5)27-19(15-6-9-22(23,24)10-7-15)12-17-20-16(8-11-28-20)18-13-25-14-26(17)18/h8,11,13-15,17,19H,6-7,9-10,12H2,1-5H3/t17?,19-/m0/s1. The van der Waals surface area contributed by atoms with Crippen molar-refractivity contribution in [3.63, 3.8) is 0 Å². The monoisotopic (exact) mass is 438 g/mol. The number of hydrogen-bond acceptors (Lipinski definition) is 3. The van der Waals surface area contributed by atoms with E-state index < -0.39 is 14.2 Å². The van der Waals surface area contributed by atoms with E-state index in [1.807, 2.05) is 12.5 Å². The molecule has 2 atom stereocenters. The first kappa shape index (κ1) is 21.2. The molecule has 2 aromatic heterocycles. The van der Waals surface area contributed by atoms with Crippen LogP contribution in [0.4, 0.5) is 8.78 Å². The van der Waals surface area contributed by atoms with Crippen LogP contribution in [0.5, 0.6) is 0 Å². The molecule has 0 saturated heterocycles. The van der Waals surface area contributed by atoms with Gasteiger partial charge in [-0.2, -0.15) is 0 Å². The van der Waals surface area contributed by atoms with Gasteiger partial charge in [-0.25, -0.2) is 13.8 Å². The number of fused-ring (bicyclic) bond motifs is 3. The molecule has 0 radical (unpaired) electrons. The molecular formula is C22H32F2N2OSSi. The van der Waals surface area contributed by atoms with Crippen molar-refractivity contribution in [3.05, 3.63) is 28.8 Å². The molecule has 0 bridgehead atoms. The highest BCUT2D eigenvalue weighted by Gasteiger charge is 2.45. The number of hydrogen-bond donors (Lipinski definition) is 0. The van der Waals surface area contributed by atoms with Gasteiger partial charge in [-0.3, -0.25) is 0 Å². The van der Waals surface area contributed by atoms with E-state index >= 15 is 0 Å². The molecule has 0 N–H and O–H groups in total. The minimum absolute atomic E-state index is 0.000270. The summed E-state index contributed by atoms with van der Waals surface area (Å²) in [6.07, 6.45) is 5.74. The minimum Gasteiger partial charge on any atom is -0.414 e. The van der Waals surface area contributed by atoms with Crippen molar-refractivity contribution in [2.75, 3.05) is 0 Å². The fraction of sp³-hybridized carbons (Fsp3) is 0.682. The second-order valence-electron chi connectivity index (χ2n) is 10.2. The predicted octanol–water partition coefficient (Wildman–Crippen LogP) is 7.12. The fourth-order valence-corrected chi connectivity index (χ4v) is 6.86. The molecule has 160 valence electrons. The van der Waals surface area contributed by atoms with E-state index in [9.17, 15) is 8.78 Å². The molecule has 3 nitrogen and oxygen atoms in total. The van der Waals surface area contributed by atoms with E-state index in [0.717, 1.165) is 12.1 Å². The highest BCUT2D eigenvalue weighted by atomic mass is 32.1. The highest BCUT2D eigenvalue weighted by molar-refractivity contribution is 7.10. The molecule has 29 heavy (non-hydrogen) atoms. The molecule has 7 heteroatoms. The summed E-state index contributed by atoms with van der Waals surface area (Å²) in [5.41, 5.74) is 2.42. The maximum Gasteiger partial charge on any atom is 0.248 e. The third-order valence-electron chi connectivity index (χ3n) is 7.27. The normalized spacial score (nSPS) is 23.1. The molecule has 1 unspecified atom stereocenters. The van der Waals surface area contributed by atoms with Crippen molar-refractivity contribution < 1.29 is 13.2 Å². The van der Waals surface area contributed by atoms with Crippen molar-refractivity contribution in [1.82, 2.24) is 9.55 Å². The van der Waals surface area contributed by atoms with E-state index in [2.05, 4.69) is 54.9 Å². The van der Waals surface area contributed by atoms with Crippen LogP contribution in [-0.2, 0) is 4.43 Å². The average molecular weight is 439 g/mol.